The number of aromatic nitrogens is 2. The minimum atomic E-state index is -0.275. The van der Waals surface area contributed by atoms with Crippen molar-refractivity contribution in [2.24, 2.45) is 0 Å². The normalized spacial score (nSPS) is 15.2. The summed E-state index contributed by atoms with van der Waals surface area (Å²) in [4.78, 5) is 24.6. The molecule has 1 atom stereocenters. The van der Waals surface area contributed by atoms with Gasteiger partial charge in [-0.15, -0.1) is 11.3 Å². The lowest BCUT2D eigenvalue weighted by atomic mass is 10.0. The van der Waals surface area contributed by atoms with Gasteiger partial charge in [0.2, 0.25) is 5.91 Å². The maximum atomic E-state index is 13.0. The molecule has 0 radical (unpaired) electrons. The minimum Gasteiger partial charge on any atom is -0.383 e. The molecule has 0 saturated heterocycles. The Labute approximate surface area is 154 Å². The van der Waals surface area contributed by atoms with Crippen molar-refractivity contribution in [3.8, 4) is 0 Å². The first-order valence-corrected chi connectivity index (χ1v) is 9.96. The Morgan fingerprint density at radius 1 is 1.32 bits per heavy atom. The molecule has 4 rings (SSSR count). The zero-order valence-corrected chi connectivity index (χ0v) is 15.4. The number of hydrogen-bond donors (Lipinski definition) is 1. The molecule has 0 saturated carbocycles. The highest BCUT2D eigenvalue weighted by Gasteiger charge is 2.27. The molecule has 1 aromatic carbocycles. The van der Waals surface area contributed by atoms with E-state index in [-0.39, 0.29) is 11.2 Å². The fourth-order valence-corrected chi connectivity index (χ4v) is 4.77. The molecule has 1 aliphatic heterocycles. The van der Waals surface area contributed by atoms with Crippen molar-refractivity contribution in [2.75, 3.05) is 17.2 Å². The summed E-state index contributed by atoms with van der Waals surface area (Å²) in [5.41, 5.74) is 8.27. The predicted molar refractivity (Wildman–Crippen MR) is 104 cm³/mol. The molecule has 0 bridgehead atoms. The van der Waals surface area contributed by atoms with E-state index in [1.165, 1.54) is 28.7 Å². The summed E-state index contributed by atoms with van der Waals surface area (Å²) in [6.07, 6.45) is 2.01. The zero-order chi connectivity index (χ0) is 17.4. The van der Waals surface area contributed by atoms with Gasteiger partial charge in [0.25, 0.3) is 0 Å². The van der Waals surface area contributed by atoms with Crippen LogP contribution >= 0.6 is 23.1 Å². The van der Waals surface area contributed by atoms with Gasteiger partial charge in [-0.3, -0.25) is 4.79 Å². The van der Waals surface area contributed by atoms with Crippen molar-refractivity contribution in [3.05, 3.63) is 41.3 Å². The van der Waals surface area contributed by atoms with Gasteiger partial charge in [-0.05, 0) is 42.8 Å². The van der Waals surface area contributed by atoms with Gasteiger partial charge in [0, 0.05) is 12.2 Å². The molecule has 7 heteroatoms. The van der Waals surface area contributed by atoms with Crippen LogP contribution in [0.15, 0.2) is 40.9 Å². The summed E-state index contributed by atoms with van der Waals surface area (Å²) in [7, 11) is 0. The highest BCUT2D eigenvalue weighted by molar-refractivity contribution is 8.00. The van der Waals surface area contributed by atoms with Crippen LogP contribution in [0.25, 0.3) is 10.2 Å². The van der Waals surface area contributed by atoms with E-state index < -0.39 is 0 Å². The molecular formula is C18H18N4OS2. The van der Waals surface area contributed by atoms with Crippen molar-refractivity contribution in [1.29, 1.82) is 0 Å². The van der Waals surface area contributed by atoms with Crippen LogP contribution < -0.4 is 10.6 Å². The first kappa shape index (κ1) is 16.4. The second-order valence-corrected chi connectivity index (χ2v) is 8.22. The van der Waals surface area contributed by atoms with Crippen LogP contribution in [0, 0.1) is 0 Å². The molecular weight excluding hydrogens is 352 g/mol. The van der Waals surface area contributed by atoms with Gasteiger partial charge in [0.1, 0.15) is 10.6 Å². The van der Waals surface area contributed by atoms with Crippen molar-refractivity contribution < 1.29 is 4.79 Å². The number of hydrogen-bond acceptors (Lipinski definition) is 6. The average molecular weight is 371 g/mol. The van der Waals surface area contributed by atoms with Crippen molar-refractivity contribution in [2.45, 2.75) is 30.2 Å². The second kappa shape index (κ2) is 6.65. The third-order valence-corrected chi connectivity index (χ3v) is 6.10. The SMILES string of the molecule is CC(Sc1nc(N)c2ccsc2n1)C(=O)N1CCCc2ccccc21. The molecule has 2 aromatic heterocycles. The number of fused-ring (bicyclic) bond motifs is 2. The van der Waals surface area contributed by atoms with Crippen molar-refractivity contribution >= 4 is 50.7 Å². The summed E-state index contributed by atoms with van der Waals surface area (Å²) >= 11 is 2.90. The molecule has 3 heterocycles. The Kier molecular flexibility index (Phi) is 4.35. The highest BCUT2D eigenvalue weighted by Crippen LogP contribution is 2.32. The number of thioether (sulfide) groups is 1. The smallest absolute Gasteiger partial charge is 0.240 e. The number of nitrogen functional groups attached to an aromatic ring is 1. The van der Waals surface area contributed by atoms with Gasteiger partial charge in [-0.25, -0.2) is 9.97 Å². The van der Waals surface area contributed by atoms with E-state index in [0.29, 0.717) is 11.0 Å². The number of amides is 1. The maximum Gasteiger partial charge on any atom is 0.240 e. The monoisotopic (exact) mass is 370 g/mol. The van der Waals surface area contributed by atoms with Gasteiger partial charge in [-0.2, -0.15) is 0 Å². The highest BCUT2D eigenvalue weighted by atomic mass is 32.2. The Bertz CT molecular complexity index is 940. The Morgan fingerprint density at radius 3 is 3.04 bits per heavy atom. The molecule has 3 aromatic rings. The molecule has 0 aliphatic carbocycles. The van der Waals surface area contributed by atoms with Gasteiger partial charge in [-0.1, -0.05) is 30.0 Å². The average Bonchev–Trinajstić information content (AvgIpc) is 3.09. The topological polar surface area (TPSA) is 72.1 Å². The number of aryl methyl sites for hydroxylation is 1. The summed E-state index contributed by atoms with van der Waals surface area (Å²) in [6.45, 7) is 2.66. The first-order valence-electron chi connectivity index (χ1n) is 8.20. The van der Waals surface area contributed by atoms with Crippen LogP contribution in [0.1, 0.15) is 18.9 Å². The summed E-state index contributed by atoms with van der Waals surface area (Å²) < 4.78 is 0. The summed E-state index contributed by atoms with van der Waals surface area (Å²) in [5, 5.41) is 3.10. The standard InChI is InChI=1S/C18H18N4OS2/c1-11(25-18-20-15(19)13-8-10-24-16(13)21-18)17(23)22-9-4-6-12-5-2-3-7-14(12)22/h2-3,5,7-8,10-11H,4,6,9H2,1H3,(H2,19,20,21). The number of nitrogens with zero attached hydrogens (tertiary/aromatic N) is 3. The van der Waals surface area contributed by atoms with Crippen LogP contribution in [0.4, 0.5) is 11.5 Å². The van der Waals surface area contributed by atoms with Crippen LogP contribution in [-0.4, -0.2) is 27.7 Å². The number of nitrogens with two attached hydrogens (primary N) is 1. The van der Waals surface area contributed by atoms with E-state index in [4.69, 9.17) is 5.73 Å². The van der Waals surface area contributed by atoms with E-state index in [1.807, 2.05) is 41.5 Å². The first-order chi connectivity index (χ1) is 12.1. The predicted octanol–water partition coefficient (Wildman–Crippen LogP) is 3.73. The third-order valence-electron chi connectivity index (χ3n) is 4.34. The van der Waals surface area contributed by atoms with Gasteiger partial charge in [0.15, 0.2) is 5.16 Å². The molecule has 0 fully saturated rings. The molecule has 128 valence electrons. The fraction of sp³-hybridized carbons (Fsp3) is 0.278. The van der Waals surface area contributed by atoms with Gasteiger partial charge in [0.05, 0.1) is 10.6 Å². The third kappa shape index (κ3) is 3.09. The number of para-hydroxylation sites is 1. The number of benzene rings is 1. The lowest BCUT2D eigenvalue weighted by Crippen LogP contribution is -2.40. The number of rotatable bonds is 3. The lowest BCUT2D eigenvalue weighted by molar-refractivity contribution is -0.117. The molecule has 1 unspecified atom stereocenters. The number of thiophene rings is 1. The van der Waals surface area contributed by atoms with Gasteiger partial charge >= 0.3 is 0 Å². The quantitative estimate of drug-likeness (QED) is 0.562. The minimum absolute atomic E-state index is 0.0885. The van der Waals surface area contributed by atoms with Crippen molar-refractivity contribution in [3.63, 3.8) is 0 Å². The summed E-state index contributed by atoms with van der Waals surface area (Å²) in [5.74, 6) is 0.558. The molecule has 0 spiro atoms. The van der Waals surface area contributed by atoms with Crippen LogP contribution in [0.3, 0.4) is 0 Å². The van der Waals surface area contributed by atoms with Crippen LogP contribution in [0.5, 0.6) is 0 Å². The summed E-state index contributed by atoms with van der Waals surface area (Å²) in [6, 6.07) is 10.1. The van der Waals surface area contributed by atoms with Gasteiger partial charge < -0.3 is 10.6 Å². The number of carbonyl (C=O) groups is 1. The number of carbonyl (C=O) groups excluding carboxylic acids is 1. The molecule has 1 aliphatic rings. The van der Waals surface area contributed by atoms with E-state index in [1.54, 1.807) is 0 Å². The zero-order valence-electron chi connectivity index (χ0n) is 13.8. The maximum absolute atomic E-state index is 13.0. The lowest BCUT2D eigenvalue weighted by Gasteiger charge is -2.31. The molecule has 25 heavy (non-hydrogen) atoms. The van der Waals surface area contributed by atoms with E-state index in [2.05, 4.69) is 16.0 Å². The number of anilines is 2. The Morgan fingerprint density at radius 2 is 2.16 bits per heavy atom. The molecule has 2 N–H and O–H groups in total. The van der Waals surface area contributed by atoms with E-state index in [0.717, 1.165) is 35.3 Å². The van der Waals surface area contributed by atoms with E-state index >= 15 is 0 Å². The second-order valence-electron chi connectivity index (χ2n) is 6.01. The van der Waals surface area contributed by atoms with E-state index in [9.17, 15) is 4.79 Å². The molecule has 1 amide bonds. The Hall–Kier alpha value is -2.12. The molecule has 5 nitrogen and oxygen atoms in total. The van der Waals surface area contributed by atoms with Crippen molar-refractivity contribution in [1.82, 2.24) is 9.97 Å². The Balaban J connectivity index is 1.56. The van der Waals surface area contributed by atoms with Crippen LogP contribution in [0.2, 0.25) is 0 Å². The van der Waals surface area contributed by atoms with Crippen LogP contribution in [-0.2, 0) is 11.2 Å². The fourth-order valence-electron chi connectivity index (χ4n) is 3.10. The largest absolute Gasteiger partial charge is 0.383 e.